The first-order valence-corrected chi connectivity index (χ1v) is 11.3. The fourth-order valence-electron chi connectivity index (χ4n) is 6.67. The van der Waals surface area contributed by atoms with Gasteiger partial charge in [-0.25, -0.2) is 0 Å². The Morgan fingerprint density at radius 2 is 1.75 bits per heavy atom. The zero-order chi connectivity index (χ0) is 22.3. The lowest BCUT2D eigenvalue weighted by molar-refractivity contribution is -0.137. The number of hydrogen-bond acceptors (Lipinski definition) is 4. The number of nitrogens with one attached hydrogen (secondary N) is 1. The van der Waals surface area contributed by atoms with Gasteiger partial charge in [-0.15, -0.1) is 0 Å². The number of nitrogens with zero attached hydrogens (tertiary/aromatic N) is 1. The van der Waals surface area contributed by atoms with E-state index < -0.39 is 11.5 Å². The Labute approximate surface area is 188 Å². The van der Waals surface area contributed by atoms with Crippen molar-refractivity contribution in [3.63, 3.8) is 0 Å². The number of carbonyl (C=O) groups excluding carboxylic acids is 1. The normalized spacial score (nSPS) is 30.6. The molecule has 5 nitrogen and oxygen atoms in total. The van der Waals surface area contributed by atoms with Gasteiger partial charge in [0.15, 0.2) is 0 Å². The molecule has 4 bridgehead atoms. The average Bonchev–Trinajstić information content (AvgIpc) is 2.76. The van der Waals surface area contributed by atoms with Gasteiger partial charge in [-0.1, -0.05) is 24.3 Å². The quantitative estimate of drug-likeness (QED) is 0.528. The van der Waals surface area contributed by atoms with E-state index in [0.717, 1.165) is 43.4 Å². The maximum atomic E-state index is 12.7. The SMILES string of the molecule is COc1ccc(/C=C(\C#N)C(=O)Nc2ccc(C34C[C@H]5C[C@@H](CC(O)(C5)C3)C4)cc2)cc1. The van der Waals surface area contributed by atoms with Crippen molar-refractivity contribution in [3.8, 4) is 11.8 Å². The maximum absolute atomic E-state index is 12.7. The van der Waals surface area contributed by atoms with E-state index >= 15 is 0 Å². The van der Waals surface area contributed by atoms with Crippen LogP contribution >= 0.6 is 0 Å². The summed E-state index contributed by atoms with van der Waals surface area (Å²) < 4.78 is 5.14. The predicted octanol–water partition coefficient (Wildman–Crippen LogP) is 4.82. The van der Waals surface area contributed by atoms with E-state index in [-0.39, 0.29) is 11.0 Å². The van der Waals surface area contributed by atoms with Crippen LogP contribution in [0.25, 0.3) is 6.08 Å². The maximum Gasteiger partial charge on any atom is 0.266 e. The van der Waals surface area contributed by atoms with E-state index in [9.17, 15) is 15.2 Å². The molecule has 2 aromatic rings. The van der Waals surface area contributed by atoms with Crippen LogP contribution in [0.15, 0.2) is 54.1 Å². The van der Waals surface area contributed by atoms with Crippen LogP contribution in [0, 0.1) is 23.2 Å². The number of ether oxygens (including phenoxy) is 1. The summed E-state index contributed by atoms with van der Waals surface area (Å²) in [6, 6.07) is 17.2. The molecule has 5 heteroatoms. The Hall–Kier alpha value is -3.10. The predicted molar refractivity (Wildman–Crippen MR) is 123 cm³/mol. The third-order valence-electron chi connectivity index (χ3n) is 7.58. The third-order valence-corrected chi connectivity index (χ3v) is 7.58. The molecule has 2 aromatic carbocycles. The minimum Gasteiger partial charge on any atom is -0.497 e. The lowest BCUT2D eigenvalue weighted by Crippen LogP contribution is -2.57. The van der Waals surface area contributed by atoms with Gasteiger partial charge in [0.2, 0.25) is 0 Å². The molecule has 0 radical (unpaired) electrons. The molecule has 164 valence electrons. The highest BCUT2D eigenvalue weighted by Gasteiger charge is 2.57. The van der Waals surface area contributed by atoms with Crippen LogP contribution in [0.3, 0.4) is 0 Å². The Kier molecular flexibility index (Phi) is 5.06. The second-order valence-corrected chi connectivity index (χ2v) is 9.94. The van der Waals surface area contributed by atoms with Crippen LogP contribution in [-0.4, -0.2) is 23.7 Å². The van der Waals surface area contributed by atoms with Crippen molar-refractivity contribution in [1.29, 1.82) is 5.26 Å². The highest BCUT2D eigenvalue weighted by Crippen LogP contribution is 2.62. The van der Waals surface area contributed by atoms with Gasteiger partial charge in [0, 0.05) is 5.69 Å². The summed E-state index contributed by atoms with van der Waals surface area (Å²) in [5.41, 5.74) is 2.30. The number of anilines is 1. The molecule has 0 aliphatic heterocycles. The standard InChI is InChI=1S/C27H28N2O3/c1-32-24-8-2-18(3-9-24)11-21(16-28)25(30)29-23-6-4-22(5-7-23)26-12-19-10-20(13-26)15-27(31,14-19)17-26/h2-9,11,19-20,31H,10,12-15,17H2,1H3,(H,29,30)/b21-11+/t19-,20-,26?,27?/m1/s1. The fraction of sp³-hybridized carbons (Fsp3) is 0.407. The first-order valence-electron chi connectivity index (χ1n) is 11.3. The van der Waals surface area contributed by atoms with Crippen molar-refractivity contribution in [1.82, 2.24) is 0 Å². The molecule has 2 N–H and O–H groups in total. The van der Waals surface area contributed by atoms with Crippen molar-refractivity contribution >= 4 is 17.7 Å². The van der Waals surface area contributed by atoms with Crippen LogP contribution < -0.4 is 10.1 Å². The number of aliphatic hydroxyl groups is 1. The van der Waals surface area contributed by atoms with E-state index in [1.807, 2.05) is 18.2 Å². The van der Waals surface area contributed by atoms with Crippen molar-refractivity contribution in [2.75, 3.05) is 12.4 Å². The summed E-state index contributed by atoms with van der Waals surface area (Å²) in [7, 11) is 1.59. The van der Waals surface area contributed by atoms with E-state index in [0.29, 0.717) is 17.5 Å². The molecule has 4 fully saturated rings. The summed E-state index contributed by atoms with van der Waals surface area (Å²) >= 11 is 0. The van der Waals surface area contributed by atoms with Crippen molar-refractivity contribution in [2.24, 2.45) is 11.8 Å². The number of hydrogen-bond donors (Lipinski definition) is 2. The van der Waals surface area contributed by atoms with Gasteiger partial charge < -0.3 is 15.2 Å². The molecule has 2 atom stereocenters. The van der Waals surface area contributed by atoms with Gasteiger partial charge in [0.05, 0.1) is 12.7 Å². The molecular weight excluding hydrogens is 400 g/mol. The Balaban J connectivity index is 1.31. The molecule has 4 aliphatic rings. The summed E-state index contributed by atoms with van der Waals surface area (Å²) in [4.78, 5) is 12.7. The number of amides is 1. The number of methoxy groups -OCH3 is 1. The highest BCUT2D eigenvalue weighted by molar-refractivity contribution is 6.09. The Morgan fingerprint density at radius 3 is 2.31 bits per heavy atom. The topological polar surface area (TPSA) is 82.3 Å². The van der Waals surface area contributed by atoms with E-state index in [2.05, 4.69) is 17.4 Å². The zero-order valence-electron chi connectivity index (χ0n) is 18.3. The van der Waals surface area contributed by atoms with Gasteiger partial charge in [0.1, 0.15) is 17.4 Å². The third kappa shape index (κ3) is 3.80. The van der Waals surface area contributed by atoms with Crippen LogP contribution in [-0.2, 0) is 10.2 Å². The molecule has 4 saturated carbocycles. The summed E-state index contributed by atoms with van der Waals surface area (Å²) in [6.45, 7) is 0. The first-order chi connectivity index (χ1) is 15.4. The fourth-order valence-corrected chi connectivity index (χ4v) is 6.67. The smallest absolute Gasteiger partial charge is 0.266 e. The number of benzene rings is 2. The van der Waals surface area contributed by atoms with Crippen LogP contribution in [0.4, 0.5) is 5.69 Å². The summed E-state index contributed by atoms with van der Waals surface area (Å²) in [6.07, 6.45) is 7.89. The Morgan fingerprint density at radius 1 is 1.09 bits per heavy atom. The van der Waals surface area contributed by atoms with Gasteiger partial charge in [0.25, 0.3) is 5.91 Å². The molecule has 6 rings (SSSR count). The van der Waals surface area contributed by atoms with Gasteiger partial charge >= 0.3 is 0 Å². The summed E-state index contributed by atoms with van der Waals surface area (Å²) in [5.74, 6) is 1.54. The minimum atomic E-state index is -0.495. The monoisotopic (exact) mass is 428 g/mol. The number of nitriles is 1. The second-order valence-electron chi connectivity index (χ2n) is 9.94. The molecular formula is C27H28N2O3. The molecule has 1 amide bonds. The molecule has 0 heterocycles. The Bertz CT molecular complexity index is 1080. The average molecular weight is 429 g/mol. The van der Waals surface area contributed by atoms with E-state index in [1.165, 1.54) is 12.0 Å². The van der Waals surface area contributed by atoms with E-state index in [4.69, 9.17) is 4.74 Å². The molecule has 0 aromatic heterocycles. The van der Waals surface area contributed by atoms with Gasteiger partial charge in [-0.2, -0.15) is 5.26 Å². The molecule has 32 heavy (non-hydrogen) atoms. The van der Waals surface area contributed by atoms with Crippen molar-refractivity contribution in [2.45, 2.75) is 49.5 Å². The second kappa shape index (κ2) is 7.79. The van der Waals surface area contributed by atoms with Gasteiger partial charge in [-0.05, 0) is 97.2 Å². The highest BCUT2D eigenvalue weighted by atomic mass is 16.5. The van der Waals surface area contributed by atoms with Crippen LogP contribution in [0.2, 0.25) is 0 Å². The lowest BCUT2D eigenvalue weighted by atomic mass is 9.46. The van der Waals surface area contributed by atoms with Crippen molar-refractivity contribution < 1.29 is 14.6 Å². The summed E-state index contributed by atoms with van der Waals surface area (Å²) in [5, 5.41) is 23.4. The number of rotatable bonds is 5. The molecule has 0 spiro atoms. The molecule has 0 saturated heterocycles. The van der Waals surface area contributed by atoms with Gasteiger partial charge in [-0.3, -0.25) is 4.79 Å². The van der Waals surface area contributed by atoms with Crippen LogP contribution in [0.1, 0.15) is 49.7 Å². The molecule has 4 aliphatic carbocycles. The van der Waals surface area contributed by atoms with E-state index in [1.54, 1.807) is 37.5 Å². The van der Waals surface area contributed by atoms with Crippen LogP contribution in [0.5, 0.6) is 5.75 Å². The first kappa shape index (κ1) is 20.8. The number of carbonyl (C=O) groups is 1. The molecule has 0 unspecified atom stereocenters. The minimum absolute atomic E-state index is 0.0440. The largest absolute Gasteiger partial charge is 0.497 e. The lowest BCUT2D eigenvalue weighted by Gasteiger charge is -2.60. The zero-order valence-corrected chi connectivity index (χ0v) is 18.3. The van der Waals surface area contributed by atoms with Crippen molar-refractivity contribution in [3.05, 3.63) is 65.2 Å².